The van der Waals surface area contributed by atoms with Crippen molar-refractivity contribution in [2.75, 3.05) is 55.3 Å². The maximum atomic E-state index is 13.9. The van der Waals surface area contributed by atoms with Crippen molar-refractivity contribution in [2.45, 2.75) is 30.6 Å². The Morgan fingerprint density at radius 1 is 1.06 bits per heavy atom. The van der Waals surface area contributed by atoms with Crippen LogP contribution in [0.4, 0.5) is 22.5 Å². The molecule has 0 atom stereocenters. The van der Waals surface area contributed by atoms with Crippen LogP contribution in [0.5, 0.6) is 0 Å². The Morgan fingerprint density at radius 3 is 2.54 bits per heavy atom. The molecule has 9 nitrogen and oxygen atoms in total. The third-order valence-corrected chi connectivity index (χ3v) is 8.53. The van der Waals surface area contributed by atoms with Gasteiger partial charge in [0.25, 0.3) is 10.0 Å². The number of hydrogen-bond acceptors (Lipinski definition) is 9. The molecule has 0 unspecified atom stereocenters. The van der Waals surface area contributed by atoms with Crippen LogP contribution >= 0.6 is 11.3 Å². The van der Waals surface area contributed by atoms with Crippen LogP contribution in [0.3, 0.4) is 0 Å². The first-order valence-corrected chi connectivity index (χ1v) is 14.0. The molecule has 11 heteroatoms. The summed E-state index contributed by atoms with van der Waals surface area (Å²) in [5.41, 5.74) is 1.72. The maximum absolute atomic E-state index is 13.9. The summed E-state index contributed by atoms with van der Waals surface area (Å²) in [5.74, 6) is 0.831. The number of likely N-dealkylation sites (N-methyl/N-ethyl adjacent to an activating group) is 1. The van der Waals surface area contributed by atoms with Gasteiger partial charge in [-0.25, -0.2) is 18.4 Å². The predicted octanol–water partition coefficient (Wildman–Crippen LogP) is 3.32. The molecule has 3 N–H and O–H groups in total. The van der Waals surface area contributed by atoms with E-state index in [0.717, 1.165) is 25.0 Å². The van der Waals surface area contributed by atoms with Crippen LogP contribution in [0, 0.1) is 0 Å². The summed E-state index contributed by atoms with van der Waals surface area (Å²) in [4.78, 5) is 12.6. The van der Waals surface area contributed by atoms with E-state index in [0.29, 0.717) is 48.5 Å². The fourth-order valence-corrected chi connectivity index (χ4v) is 6.41. The molecule has 0 saturated heterocycles. The largest absolute Gasteiger partial charge is 0.396 e. The van der Waals surface area contributed by atoms with E-state index in [1.54, 1.807) is 35.6 Å². The maximum Gasteiger partial charge on any atom is 0.264 e. The van der Waals surface area contributed by atoms with E-state index in [2.05, 4.69) is 20.6 Å². The Hall–Kier alpha value is -2.73. The Morgan fingerprint density at radius 2 is 1.83 bits per heavy atom. The van der Waals surface area contributed by atoms with Crippen LogP contribution in [0.15, 0.2) is 47.4 Å². The van der Waals surface area contributed by atoms with Crippen molar-refractivity contribution in [2.24, 2.45) is 0 Å². The second kappa shape index (κ2) is 11.3. The summed E-state index contributed by atoms with van der Waals surface area (Å²) in [6, 6.07) is 12.2. The number of hydrogen-bond donors (Lipinski definition) is 3. The third kappa shape index (κ3) is 6.29. The van der Waals surface area contributed by atoms with Crippen LogP contribution in [0.25, 0.3) is 0 Å². The molecule has 4 rings (SSSR count). The van der Waals surface area contributed by atoms with Gasteiger partial charge >= 0.3 is 0 Å². The lowest BCUT2D eigenvalue weighted by Gasteiger charge is -2.26. The highest BCUT2D eigenvalue weighted by atomic mass is 32.2. The van der Waals surface area contributed by atoms with Crippen molar-refractivity contribution in [3.63, 3.8) is 0 Å². The van der Waals surface area contributed by atoms with Gasteiger partial charge in [0, 0.05) is 43.3 Å². The SMILES string of the molecule is CN(C)CCN(c1ccccc1)S(=O)(=O)c1cc(NCCCO)nc(Nc2nc3c(s2)CCC3)c1. The number of aliphatic hydroxyl groups is 1. The number of nitrogens with zero attached hydrogens (tertiary/aromatic N) is 4. The molecule has 3 aromatic rings. The second-order valence-electron chi connectivity index (χ2n) is 8.66. The number of aryl methyl sites for hydroxylation is 2. The van der Waals surface area contributed by atoms with Crippen molar-refractivity contribution < 1.29 is 13.5 Å². The molecule has 2 heterocycles. The molecule has 35 heavy (non-hydrogen) atoms. The first-order chi connectivity index (χ1) is 16.9. The van der Waals surface area contributed by atoms with Gasteiger partial charge in [-0.05, 0) is 51.9 Å². The van der Waals surface area contributed by atoms with E-state index in [9.17, 15) is 8.42 Å². The number of aliphatic hydroxyl groups excluding tert-OH is 1. The molecule has 188 valence electrons. The predicted molar refractivity (Wildman–Crippen MR) is 141 cm³/mol. The quantitative estimate of drug-likeness (QED) is 0.315. The van der Waals surface area contributed by atoms with Gasteiger partial charge in [-0.2, -0.15) is 0 Å². The fourth-order valence-electron chi connectivity index (χ4n) is 3.86. The van der Waals surface area contributed by atoms with Gasteiger partial charge in [-0.1, -0.05) is 18.2 Å². The van der Waals surface area contributed by atoms with Gasteiger partial charge in [0.1, 0.15) is 11.6 Å². The number of fused-ring (bicyclic) bond motifs is 1. The molecule has 0 radical (unpaired) electrons. The summed E-state index contributed by atoms with van der Waals surface area (Å²) >= 11 is 1.59. The lowest BCUT2D eigenvalue weighted by atomic mass is 10.3. The van der Waals surface area contributed by atoms with Crippen LogP contribution in [-0.4, -0.2) is 68.7 Å². The number of thiazole rings is 1. The molecule has 2 aromatic heterocycles. The molecule has 0 fully saturated rings. The minimum Gasteiger partial charge on any atom is -0.396 e. The van der Waals surface area contributed by atoms with Gasteiger partial charge in [0.05, 0.1) is 16.3 Å². The number of sulfonamides is 1. The third-order valence-electron chi connectivity index (χ3n) is 5.65. The molecule has 0 bridgehead atoms. The molecule has 1 aromatic carbocycles. The molecule has 0 spiro atoms. The summed E-state index contributed by atoms with van der Waals surface area (Å²) in [6.07, 6.45) is 3.66. The molecule has 1 aliphatic carbocycles. The Labute approximate surface area is 210 Å². The Bertz CT molecular complexity index is 1210. The normalized spacial score (nSPS) is 13.1. The number of anilines is 4. The van der Waals surface area contributed by atoms with Crippen molar-refractivity contribution in [1.82, 2.24) is 14.9 Å². The van der Waals surface area contributed by atoms with E-state index >= 15 is 0 Å². The minimum atomic E-state index is -3.89. The van der Waals surface area contributed by atoms with Crippen LogP contribution in [0.2, 0.25) is 0 Å². The molecule has 0 aliphatic heterocycles. The Kier molecular flexibility index (Phi) is 8.22. The van der Waals surface area contributed by atoms with Crippen molar-refractivity contribution in [3.8, 4) is 0 Å². The lowest BCUT2D eigenvalue weighted by Crippen LogP contribution is -2.36. The topological polar surface area (TPSA) is 111 Å². The summed E-state index contributed by atoms with van der Waals surface area (Å²) < 4.78 is 29.3. The summed E-state index contributed by atoms with van der Waals surface area (Å²) in [6.45, 7) is 1.38. The van der Waals surface area contributed by atoms with Crippen molar-refractivity contribution in [1.29, 1.82) is 0 Å². The zero-order valence-electron chi connectivity index (χ0n) is 20.1. The first kappa shape index (κ1) is 25.4. The second-order valence-corrected chi connectivity index (χ2v) is 11.6. The van der Waals surface area contributed by atoms with Crippen molar-refractivity contribution in [3.05, 3.63) is 53.0 Å². The number of para-hydroxylation sites is 1. The van der Waals surface area contributed by atoms with Crippen LogP contribution in [0.1, 0.15) is 23.4 Å². The zero-order chi connectivity index (χ0) is 24.8. The van der Waals surface area contributed by atoms with E-state index in [-0.39, 0.29) is 11.5 Å². The monoisotopic (exact) mass is 516 g/mol. The highest BCUT2D eigenvalue weighted by Crippen LogP contribution is 2.33. The smallest absolute Gasteiger partial charge is 0.264 e. The van der Waals surface area contributed by atoms with E-state index in [1.165, 1.54) is 9.18 Å². The average Bonchev–Trinajstić information content (AvgIpc) is 3.41. The number of rotatable bonds is 12. The lowest BCUT2D eigenvalue weighted by molar-refractivity contribution is 0.292. The van der Waals surface area contributed by atoms with Crippen molar-refractivity contribution >= 4 is 43.8 Å². The van der Waals surface area contributed by atoms with Gasteiger partial charge < -0.3 is 20.6 Å². The van der Waals surface area contributed by atoms with Gasteiger partial charge in [-0.3, -0.25) is 4.31 Å². The van der Waals surface area contributed by atoms with E-state index in [4.69, 9.17) is 5.11 Å². The molecule has 1 aliphatic rings. The molecule has 0 saturated carbocycles. The van der Waals surface area contributed by atoms with E-state index < -0.39 is 10.0 Å². The summed E-state index contributed by atoms with van der Waals surface area (Å²) in [5, 5.41) is 16.2. The highest BCUT2D eigenvalue weighted by Gasteiger charge is 2.27. The highest BCUT2D eigenvalue weighted by molar-refractivity contribution is 7.92. The summed E-state index contributed by atoms with van der Waals surface area (Å²) in [7, 11) is -0.0628. The molecule has 0 amide bonds. The fraction of sp³-hybridized carbons (Fsp3) is 0.417. The zero-order valence-corrected chi connectivity index (χ0v) is 21.7. The number of nitrogens with one attached hydrogen (secondary N) is 2. The minimum absolute atomic E-state index is 0.0348. The van der Waals surface area contributed by atoms with Gasteiger partial charge in [0.15, 0.2) is 5.13 Å². The number of pyridine rings is 1. The van der Waals surface area contributed by atoms with E-state index in [1.807, 2.05) is 37.2 Å². The van der Waals surface area contributed by atoms with Crippen LogP contribution in [-0.2, 0) is 22.9 Å². The number of aromatic nitrogens is 2. The average molecular weight is 517 g/mol. The number of benzene rings is 1. The van der Waals surface area contributed by atoms with Gasteiger partial charge in [-0.15, -0.1) is 11.3 Å². The standard InChI is InChI=1S/C24H32N6O3S2/c1-29(2)13-14-30(18-8-4-3-5-9-18)35(32,33)19-16-22(25-12-7-15-31)27-23(17-19)28-24-26-20-10-6-11-21(20)34-24/h3-5,8-9,16-17,31H,6-7,10-15H2,1-2H3,(H2,25,26,27,28). The molecular weight excluding hydrogens is 484 g/mol. The van der Waals surface area contributed by atoms with Crippen LogP contribution < -0.4 is 14.9 Å². The molecular formula is C24H32N6O3S2. The first-order valence-electron chi connectivity index (χ1n) is 11.7. The van der Waals surface area contributed by atoms with Gasteiger partial charge in [0.2, 0.25) is 0 Å². The Balaban J connectivity index is 1.70.